The predicted molar refractivity (Wildman–Crippen MR) is 81.4 cm³/mol. The number of amides is 1. The number of hydrogen-bond donors (Lipinski definition) is 2. The Kier molecular flexibility index (Phi) is 4.50. The fourth-order valence-corrected chi connectivity index (χ4v) is 2.72. The van der Waals surface area contributed by atoms with E-state index in [1.54, 1.807) is 13.1 Å². The number of nitrogens with zero attached hydrogens (tertiary/aromatic N) is 2. The number of likely N-dealkylation sites (N-methyl/N-ethyl adjacent to an activating group) is 1. The van der Waals surface area contributed by atoms with Crippen molar-refractivity contribution in [1.29, 1.82) is 0 Å². The molecule has 0 aliphatic heterocycles. The monoisotopic (exact) mass is 296 g/mol. The SMILES string of the molecule is CNc1ncc(C(=O)NCC2(N(C)C)CCC2)cc1Cl. The molecule has 6 heteroatoms. The maximum atomic E-state index is 12.2. The molecular formula is C14H21ClN4O. The van der Waals surface area contributed by atoms with Gasteiger partial charge in [0, 0.05) is 25.3 Å². The van der Waals surface area contributed by atoms with Gasteiger partial charge in [0.2, 0.25) is 0 Å². The minimum Gasteiger partial charge on any atom is -0.372 e. The molecule has 1 aliphatic rings. The highest BCUT2D eigenvalue weighted by Crippen LogP contribution is 2.35. The molecule has 1 fully saturated rings. The van der Waals surface area contributed by atoms with E-state index in [0.29, 0.717) is 22.9 Å². The van der Waals surface area contributed by atoms with Gasteiger partial charge in [-0.25, -0.2) is 4.98 Å². The third-order valence-corrected chi connectivity index (χ3v) is 4.44. The van der Waals surface area contributed by atoms with E-state index < -0.39 is 0 Å². The molecule has 0 spiro atoms. The van der Waals surface area contributed by atoms with E-state index in [2.05, 4.69) is 34.6 Å². The molecule has 1 amide bonds. The summed E-state index contributed by atoms with van der Waals surface area (Å²) in [6.45, 7) is 0.657. The Hall–Kier alpha value is -1.33. The van der Waals surface area contributed by atoms with Crippen LogP contribution in [0.5, 0.6) is 0 Å². The van der Waals surface area contributed by atoms with Crippen LogP contribution in [0.4, 0.5) is 5.82 Å². The van der Waals surface area contributed by atoms with Crippen LogP contribution in [0.1, 0.15) is 29.6 Å². The lowest BCUT2D eigenvalue weighted by molar-refractivity contribution is 0.0557. The predicted octanol–water partition coefficient (Wildman–Crippen LogP) is 1.99. The Morgan fingerprint density at radius 2 is 2.20 bits per heavy atom. The van der Waals surface area contributed by atoms with Crippen LogP contribution in [0.3, 0.4) is 0 Å². The van der Waals surface area contributed by atoms with E-state index in [-0.39, 0.29) is 11.4 Å². The second-order valence-corrected chi connectivity index (χ2v) is 5.87. The van der Waals surface area contributed by atoms with Crippen molar-refractivity contribution < 1.29 is 4.79 Å². The maximum Gasteiger partial charge on any atom is 0.252 e. The minimum absolute atomic E-state index is 0.109. The van der Waals surface area contributed by atoms with Gasteiger partial charge in [-0.3, -0.25) is 4.79 Å². The van der Waals surface area contributed by atoms with Crippen molar-refractivity contribution >= 4 is 23.3 Å². The zero-order chi connectivity index (χ0) is 14.8. The van der Waals surface area contributed by atoms with Gasteiger partial charge in [0.15, 0.2) is 0 Å². The number of hydrogen-bond acceptors (Lipinski definition) is 4. The molecule has 5 nitrogen and oxygen atoms in total. The summed E-state index contributed by atoms with van der Waals surface area (Å²) in [7, 11) is 5.86. The van der Waals surface area contributed by atoms with Crippen LogP contribution < -0.4 is 10.6 Å². The molecule has 0 saturated heterocycles. The number of aromatic nitrogens is 1. The average Bonchev–Trinajstić information content (AvgIpc) is 2.36. The summed E-state index contributed by atoms with van der Waals surface area (Å²) in [5, 5.41) is 6.31. The highest BCUT2D eigenvalue weighted by molar-refractivity contribution is 6.33. The molecule has 1 saturated carbocycles. The average molecular weight is 297 g/mol. The first kappa shape index (κ1) is 15.1. The van der Waals surface area contributed by atoms with Gasteiger partial charge in [0.25, 0.3) is 5.91 Å². The van der Waals surface area contributed by atoms with E-state index in [1.807, 2.05) is 0 Å². The third-order valence-electron chi connectivity index (χ3n) is 4.15. The number of pyridine rings is 1. The number of nitrogens with one attached hydrogen (secondary N) is 2. The van der Waals surface area contributed by atoms with Crippen molar-refractivity contribution in [2.45, 2.75) is 24.8 Å². The van der Waals surface area contributed by atoms with E-state index in [4.69, 9.17) is 11.6 Å². The molecule has 1 aromatic heterocycles. The Labute approximate surface area is 124 Å². The summed E-state index contributed by atoms with van der Waals surface area (Å²) in [6, 6.07) is 1.64. The van der Waals surface area contributed by atoms with Crippen LogP contribution in [-0.4, -0.2) is 49.0 Å². The zero-order valence-electron chi connectivity index (χ0n) is 12.2. The van der Waals surface area contributed by atoms with Crippen LogP contribution in [-0.2, 0) is 0 Å². The Morgan fingerprint density at radius 1 is 1.50 bits per heavy atom. The molecule has 20 heavy (non-hydrogen) atoms. The Morgan fingerprint density at radius 3 is 2.65 bits per heavy atom. The van der Waals surface area contributed by atoms with E-state index >= 15 is 0 Å². The van der Waals surface area contributed by atoms with Gasteiger partial charge in [-0.1, -0.05) is 11.6 Å². The highest BCUT2D eigenvalue weighted by atomic mass is 35.5. The van der Waals surface area contributed by atoms with Crippen molar-refractivity contribution in [3.05, 3.63) is 22.8 Å². The van der Waals surface area contributed by atoms with Gasteiger partial charge < -0.3 is 15.5 Å². The quantitative estimate of drug-likeness (QED) is 0.872. The minimum atomic E-state index is -0.129. The number of rotatable bonds is 5. The molecule has 2 N–H and O–H groups in total. The lowest BCUT2D eigenvalue weighted by Gasteiger charge is -2.47. The van der Waals surface area contributed by atoms with Gasteiger partial charge in [0.05, 0.1) is 10.6 Å². The molecule has 1 aliphatic carbocycles. The normalized spacial score (nSPS) is 16.6. The molecular weight excluding hydrogens is 276 g/mol. The van der Waals surface area contributed by atoms with Crippen LogP contribution in [0.15, 0.2) is 12.3 Å². The smallest absolute Gasteiger partial charge is 0.252 e. The zero-order valence-corrected chi connectivity index (χ0v) is 12.9. The summed E-state index contributed by atoms with van der Waals surface area (Å²) in [5.74, 6) is 0.446. The summed E-state index contributed by atoms with van der Waals surface area (Å²) >= 11 is 6.04. The molecule has 0 radical (unpaired) electrons. The summed E-state index contributed by atoms with van der Waals surface area (Å²) in [5.41, 5.74) is 0.597. The first-order valence-corrected chi connectivity index (χ1v) is 7.15. The lowest BCUT2D eigenvalue weighted by Crippen LogP contribution is -2.57. The van der Waals surface area contributed by atoms with Crippen molar-refractivity contribution in [2.24, 2.45) is 0 Å². The summed E-state index contributed by atoms with van der Waals surface area (Å²) < 4.78 is 0. The largest absolute Gasteiger partial charge is 0.372 e. The first-order valence-electron chi connectivity index (χ1n) is 6.77. The number of halogens is 1. The summed E-state index contributed by atoms with van der Waals surface area (Å²) in [6.07, 6.45) is 5.00. The molecule has 0 bridgehead atoms. The fourth-order valence-electron chi connectivity index (χ4n) is 2.46. The van der Waals surface area contributed by atoms with Crippen LogP contribution in [0.25, 0.3) is 0 Å². The van der Waals surface area contributed by atoms with Gasteiger partial charge in [0.1, 0.15) is 5.82 Å². The second-order valence-electron chi connectivity index (χ2n) is 5.46. The van der Waals surface area contributed by atoms with Gasteiger partial charge >= 0.3 is 0 Å². The number of carbonyl (C=O) groups is 1. The number of anilines is 1. The van der Waals surface area contributed by atoms with Crippen LogP contribution >= 0.6 is 11.6 Å². The molecule has 2 rings (SSSR count). The van der Waals surface area contributed by atoms with Gasteiger partial charge in [-0.15, -0.1) is 0 Å². The van der Waals surface area contributed by atoms with E-state index in [1.165, 1.54) is 12.6 Å². The van der Waals surface area contributed by atoms with Crippen molar-refractivity contribution in [3.63, 3.8) is 0 Å². The molecule has 0 unspecified atom stereocenters. The Balaban J connectivity index is 2.00. The topological polar surface area (TPSA) is 57.3 Å². The van der Waals surface area contributed by atoms with Crippen molar-refractivity contribution in [3.8, 4) is 0 Å². The molecule has 1 aromatic rings. The standard InChI is InChI=1S/C14H21ClN4O/c1-16-12-11(15)7-10(8-17-12)13(20)18-9-14(19(2)3)5-4-6-14/h7-8H,4-6,9H2,1-3H3,(H,16,17)(H,18,20). The van der Waals surface area contributed by atoms with Crippen molar-refractivity contribution in [1.82, 2.24) is 15.2 Å². The third kappa shape index (κ3) is 2.88. The van der Waals surface area contributed by atoms with Crippen LogP contribution in [0.2, 0.25) is 5.02 Å². The molecule has 1 heterocycles. The van der Waals surface area contributed by atoms with Gasteiger partial charge in [-0.05, 0) is 39.4 Å². The fraction of sp³-hybridized carbons (Fsp3) is 0.571. The molecule has 0 atom stereocenters. The van der Waals surface area contributed by atoms with E-state index in [9.17, 15) is 4.79 Å². The Bertz CT molecular complexity index is 500. The van der Waals surface area contributed by atoms with Crippen molar-refractivity contribution in [2.75, 3.05) is 33.0 Å². The molecule has 0 aromatic carbocycles. The van der Waals surface area contributed by atoms with Crippen LogP contribution in [0, 0.1) is 0 Å². The second kappa shape index (κ2) is 5.97. The van der Waals surface area contributed by atoms with E-state index in [0.717, 1.165) is 12.8 Å². The molecule has 110 valence electrons. The maximum absolute atomic E-state index is 12.2. The highest BCUT2D eigenvalue weighted by Gasteiger charge is 2.39. The first-order chi connectivity index (χ1) is 9.48. The lowest BCUT2D eigenvalue weighted by atomic mass is 9.75. The summed E-state index contributed by atoms with van der Waals surface area (Å²) in [4.78, 5) is 18.5. The van der Waals surface area contributed by atoms with Gasteiger partial charge in [-0.2, -0.15) is 0 Å². The number of carbonyl (C=O) groups excluding carboxylic acids is 1.